The van der Waals surface area contributed by atoms with Crippen molar-refractivity contribution in [1.29, 1.82) is 0 Å². The van der Waals surface area contributed by atoms with Crippen molar-refractivity contribution in [2.75, 3.05) is 13.6 Å². The molecule has 1 saturated heterocycles. The van der Waals surface area contributed by atoms with Crippen LogP contribution in [-0.4, -0.2) is 25.6 Å². The number of ether oxygens (including phenoxy) is 2. The summed E-state index contributed by atoms with van der Waals surface area (Å²) in [5, 5.41) is 2.50. The van der Waals surface area contributed by atoms with E-state index in [-0.39, 0.29) is 18.0 Å². The molecule has 0 radical (unpaired) electrons. The van der Waals surface area contributed by atoms with E-state index in [1.807, 2.05) is 0 Å². The van der Waals surface area contributed by atoms with Gasteiger partial charge in [0.2, 0.25) is 5.91 Å². The second kappa shape index (κ2) is 5.73. The lowest BCUT2D eigenvalue weighted by atomic mass is 9.98. The minimum Gasteiger partial charge on any atom is -0.493 e. The number of carbonyl (C=O) groups is 1. The maximum absolute atomic E-state index is 11.7. The number of benzene rings is 1. The number of carbonyl (C=O) groups excluding carboxylic acids is 1. The van der Waals surface area contributed by atoms with Crippen LogP contribution in [0.2, 0.25) is 0 Å². The maximum Gasteiger partial charge on any atom is 0.220 e. The van der Waals surface area contributed by atoms with Crippen LogP contribution >= 0.6 is 0 Å². The molecule has 1 amide bonds. The summed E-state index contributed by atoms with van der Waals surface area (Å²) in [7, 11) is -2.68. The van der Waals surface area contributed by atoms with Crippen molar-refractivity contribution in [2.45, 2.75) is 44.1 Å². The molecular weight excluding hydrogens is 254 g/mol. The molecule has 1 heterocycles. The summed E-state index contributed by atoms with van der Waals surface area (Å²) in [5.74, 6) is -1.35. The molecule has 1 aliphatic carbocycles. The Balaban J connectivity index is 1.96. The summed E-state index contributed by atoms with van der Waals surface area (Å²) in [6, 6.07) is 4.41. The molecule has 0 aromatic heterocycles. The van der Waals surface area contributed by atoms with E-state index < -0.39 is 31.3 Å². The number of rotatable bonds is 4. The summed E-state index contributed by atoms with van der Waals surface area (Å²) in [4.78, 5) is 11.7. The van der Waals surface area contributed by atoms with Crippen LogP contribution in [0.5, 0.6) is 11.5 Å². The second-order valence-corrected chi connectivity index (χ2v) is 5.06. The largest absolute Gasteiger partial charge is 0.493 e. The van der Waals surface area contributed by atoms with Crippen molar-refractivity contribution in [3.05, 3.63) is 23.8 Å². The molecule has 20 heavy (non-hydrogen) atoms. The summed E-state index contributed by atoms with van der Waals surface area (Å²) < 4.78 is 57.0. The molecule has 0 bridgehead atoms. The van der Waals surface area contributed by atoms with Crippen LogP contribution in [0.25, 0.3) is 0 Å². The first-order chi connectivity index (χ1) is 12.0. The van der Waals surface area contributed by atoms with E-state index in [1.165, 1.54) is 18.2 Å². The lowest BCUT2D eigenvalue weighted by Gasteiger charge is -2.18. The highest BCUT2D eigenvalue weighted by Gasteiger charge is 2.25. The maximum atomic E-state index is 11.7. The van der Waals surface area contributed by atoms with Crippen LogP contribution in [0.4, 0.5) is 0 Å². The first-order valence-electron chi connectivity index (χ1n) is 9.80. The Morgan fingerprint density at radius 1 is 1.40 bits per heavy atom. The molecule has 0 spiro atoms. The lowest BCUT2D eigenvalue weighted by Crippen LogP contribution is -2.14. The van der Waals surface area contributed by atoms with Crippen molar-refractivity contribution in [2.24, 2.45) is 0 Å². The van der Waals surface area contributed by atoms with Gasteiger partial charge in [0.15, 0.2) is 11.5 Å². The van der Waals surface area contributed by atoms with Crippen molar-refractivity contribution in [3.63, 3.8) is 0 Å². The minimum absolute atomic E-state index is 0.0230. The first kappa shape index (κ1) is 7.91. The minimum atomic E-state index is -2.68. The van der Waals surface area contributed by atoms with Gasteiger partial charge in [-0.05, 0) is 43.4 Å². The number of nitrogens with one attached hydrogen (secondary N) is 1. The Labute approximate surface area is 127 Å². The zero-order valence-corrected chi connectivity index (χ0v) is 11.1. The molecule has 1 aromatic rings. The SMILES string of the molecule is [2H]C([2H])([2H])Oc1ccc(C2CNC(=O)C2([2H])[2H])cc1OC1([2H])CCCC1. The number of hydrogen-bond acceptors (Lipinski definition) is 3. The van der Waals surface area contributed by atoms with Crippen LogP contribution in [0.3, 0.4) is 0 Å². The van der Waals surface area contributed by atoms with Crippen molar-refractivity contribution < 1.29 is 22.5 Å². The van der Waals surface area contributed by atoms with E-state index in [0.29, 0.717) is 18.4 Å². The molecule has 1 atom stereocenters. The quantitative estimate of drug-likeness (QED) is 0.923. The van der Waals surface area contributed by atoms with Crippen LogP contribution < -0.4 is 14.8 Å². The fourth-order valence-corrected chi connectivity index (χ4v) is 2.59. The summed E-state index contributed by atoms with van der Waals surface area (Å²) in [6.07, 6.45) is -0.488. The Morgan fingerprint density at radius 2 is 2.25 bits per heavy atom. The molecule has 4 heteroatoms. The number of amides is 1. The fraction of sp³-hybridized carbons (Fsp3) is 0.562. The lowest BCUT2D eigenvalue weighted by molar-refractivity contribution is -0.119. The van der Waals surface area contributed by atoms with Gasteiger partial charge in [-0.25, -0.2) is 0 Å². The molecule has 2 fully saturated rings. The van der Waals surface area contributed by atoms with Crippen LogP contribution in [0, 0.1) is 0 Å². The van der Waals surface area contributed by atoms with Gasteiger partial charge in [-0.1, -0.05) is 6.07 Å². The average Bonchev–Trinajstić information content (AvgIpc) is 3.04. The number of methoxy groups -OCH3 is 1. The van der Waals surface area contributed by atoms with Crippen molar-refractivity contribution >= 4 is 5.91 Å². The Bertz CT molecular complexity index is 700. The van der Waals surface area contributed by atoms with E-state index in [2.05, 4.69) is 5.32 Å². The highest BCUT2D eigenvalue weighted by molar-refractivity contribution is 5.79. The molecular formula is C16H21NO3. The molecule has 1 N–H and O–H groups in total. The van der Waals surface area contributed by atoms with E-state index in [0.717, 1.165) is 12.8 Å². The monoisotopic (exact) mass is 281 g/mol. The predicted molar refractivity (Wildman–Crippen MR) is 76.2 cm³/mol. The highest BCUT2D eigenvalue weighted by Crippen LogP contribution is 2.35. The molecule has 108 valence electrons. The fourth-order valence-electron chi connectivity index (χ4n) is 2.59. The third-order valence-electron chi connectivity index (χ3n) is 3.67. The van der Waals surface area contributed by atoms with Gasteiger partial charge in [-0.3, -0.25) is 4.79 Å². The van der Waals surface area contributed by atoms with Gasteiger partial charge >= 0.3 is 0 Å². The van der Waals surface area contributed by atoms with Gasteiger partial charge < -0.3 is 14.8 Å². The molecule has 2 aliphatic rings. The Hall–Kier alpha value is -1.71. The van der Waals surface area contributed by atoms with Gasteiger partial charge in [-0.15, -0.1) is 0 Å². The standard InChI is InChI=1S/C16H21NO3/c1-19-14-7-6-11(12-9-16(18)17-10-12)8-15(14)20-13-4-2-3-5-13/h6-8,12-13H,2-5,9-10H2,1H3,(H,17,18)/i1D3,9D2,13D. The topological polar surface area (TPSA) is 47.6 Å². The summed E-state index contributed by atoms with van der Waals surface area (Å²) >= 11 is 0. The van der Waals surface area contributed by atoms with Crippen LogP contribution in [0.15, 0.2) is 18.2 Å². The van der Waals surface area contributed by atoms with E-state index in [1.54, 1.807) is 0 Å². The van der Waals surface area contributed by atoms with E-state index in [9.17, 15) is 4.79 Å². The van der Waals surface area contributed by atoms with Gasteiger partial charge in [0.1, 0.15) is 0 Å². The number of hydrogen-bond donors (Lipinski definition) is 1. The van der Waals surface area contributed by atoms with Crippen LogP contribution in [0.1, 0.15) is 51.8 Å². The van der Waals surface area contributed by atoms with Crippen LogP contribution in [-0.2, 0) is 4.79 Å². The zero-order chi connectivity index (χ0) is 19.2. The van der Waals surface area contributed by atoms with Gasteiger partial charge in [0, 0.05) is 21.6 Å². The molecule has 1 saturated carbocycles. The smallest absolute Gasteiger partial charge is 0.220 e. The average molecular weight is 281 g/mol. The third kappa shape index (κ3) is 2.74. The van der Waals surface area contributed by atoms with Gasteiger partial charge in [0.05, 0.1) is 18.6 Å². The molecule has 1 unspecified atom stereocenters. The van der Waals surface area contributed by atoms with Gasteiger partial charge in [0.25, 0.3) is 0 Å². The van der Waals surface area contributed by atoms with Gasteiger partial charge in [-0.2, -0.15) is 0 Å². The first-order valence-corrected chi connectivity index (χ1v) is 6.80. The molecule has 3 rings (SSSR count). The molecule has 4 nitrogen and oxygen atoms in total. The van der Waals surface area contributed by atoms with E-state index >= 15 is 0 Å². The Morgan fingerprint density at radius 3 is 2.95 bits per heavy atom. The summed E-state index contributed by atoms with van der Waals surface area (Å²) in [6.45, 7) is 0.136. The van der Waals surface area contributed by atoms with E-state index in [4.69, 9.17) is 17.7 Å². The predicted octanol–water partition coefficient (Wildman–Crippen LogP) is 2.62. The second-order valence-electron chi connectivity index (χ2n) is 5.06. The Kier molecular flexibility index (Phi) is 2.27. The normalized spacial score (nSPS) is 32.0. The van der Waals surface area contributed by atoms with Crippen molar-refractivity contribution in [3.8, 4) is 11.5 Å². The summed E-state index contributed by atoms with van der Waals surface area (Å²) in [5.41, 5.74) is 0.489. The zero-order valence-electron chi connectivity index (χ0n) is 17.1. The van der Waals surface area contributed by atoms with Crippen molar-refractivity contribution in [1.82, 2.24) is 5.32 Å². The highest BCUT2D eigenvalue weighted by atomic mass is 16.5. The molecule has 1 aromatic carbocycles. The third-order valence-corrected chi connectivity index (χ3v) is 3.67. The molecule has 1 aliphatic heterocycles.